The van der Waals surface area contributed by atoms with Crippen molar-refractivity contribution in [1.82, 2.24) is 9.47 Å². The molecular weight excluding hydrogens is 306 g/mol. The molecule has 1 aromatic heterocycles. The summed E-state index contributed by atoms with van der Waals surface area (Å²) in [5.74, 6) is 0.0423. The van der Waals surface area contributed by atoms with Crippen LogP contribution < -0.4 is 5.73 Å². The number of nitrogens with two attached hydrogens (primary N) is 1. The third-order valence-electron chi connectivity index (χ3n) is 3.11. The molecule has 1 aromatic rings. The Morgan fingerprint density at radius 1 is 1.53 bits per heavy atom. The van der Waals surface area contributed by atoms with Crippen molar-refractivity contribution < 1.29 is 4.79 Å². The molecule has 0 spiro atoms. The fourth-order valence-electron chi connectivity index (χ4n) is 2.05. The Labute approximate surface area is 124 Å². The van der Waals surface area contributed by atoms with E-state index in [1.165, 1.54) is 0 Å². The largest absolute Gasteiger partial charge is 0.342 e. The monoisotopic (exact) mass is 329 g/mol. The van der Waals surface area contributed by atoms with Gasteiger partial charge in [-0.05, 0) is 40.4 Å². The normalized spacial score (nSPS) is 11.7. The summed E-state index contributed by atoms with van der Waals surface area (Å²) in [7, 11) is 1.83. The van der Waals surface area contributed by atoms with Crippen LogP contribution in [0, 0.1) is 5.41 Å². The molecule has 108 valence electrons. The molecule has 0 fully saturated rings. The van der Waals surface area contributed by atoms with Crippen molar-refractivity contribution in [2.24, 2.45) is 11.1 Å². The molecule has 0 radical (unpaired) electrons. The van der Waals surface area contributed by atoms with Gasteiger partial charge in [-0.1, -0.05) is 20.8 Å². The molecule has 1 heterocycles. The van der Waals surface area contributed by atoms with Crippen molar-refractivity contribution in [3.8, 4) is 0 Å². The second kappa shape index (κ2) is 6.57. The van der Waals surface area contributed by atoms with Gasteiger partial charge in [0.05, 0.1) is 0 Å². The highest BCUT2D eigenvalue weighted by Crippen LogP contribution is 2.19. The van der Waals surface area contributed by atoms with E-state index in [1.54, 1.807) is 4.90 Å². The maximum atomic E-state index is 12.5. The van der Waals surface area contributed by atoms with E-state index in [4.69, 9.17) is 5.73 Å². The summed E-state index contributed by atoms with van der Waals surface area (Å²) < 4.78 is 2.94. The van der Waals surface area contributed by atoms with Crippen LogP contribution in [0.1, 0.15) is 37.7 Å². The third kappa shape index (κ3) is 4.35. The third-order valence-corrected chi connectivity index (χ3v) is 3.54. The Kier molecular flexibility index (Phi) is 5.62. The highest BCUT2D eigenvalue weighted by atomic mass is 79.9. The number of halogens is 1. The SMILES string of the molecule is CCCn1cc(Br)cc1C(=O)N(C)CC(C)(C)CN. The van der Waals surface area contributed by atoms with Crippen molar-refractivity contribution in [1.29, 1.82) is 0 Å². The highest BCUT2D eigenvalue weighted by Gasteiger charge is 2.23. The number of carbonyl (C=O) groups excluding carboxylic acids is 1. The molecule has 1 rings (SSSR count). The maximum Gasteiger partial charge on any atom is 0.270 e. The number of carbonyl (C=O) groups is 1. The summed E-state index contributed by atoms with van der Waals surface area (Å²) in [5.41, 5.74) is 6.38. The van der Waals surface area contributed by atoms with Gasteiger partial charge in [-0.2, -0.15) is 0 Å². The lowest BCUT2D eigenvalue weighted by atomic mass is 9.93. The molecule has 0 saturated heterocycles. The number of rotatable bonds is 6. The number of aromatic nitrogens is 1. The fraction of sp³-hybridized carbons (Fsp3) is 0.643. The van der Waals surface area contributed by atoms with E-state index in [1.807, 2.05) is 23.9 Å². The maximum absolute atomic E-state index is 12.5. The zero-order valence-electron chi connectivity index (χ0n) is 12.2. The minimum atomic E-state index is -0.0657. The molecule has 1 amide bonds. The second-order valence-electron chi connectivity index (χ2n) is 5.77. The van der Waals surface area contributed by atoms with Gasteiger partial charge in [-0.25, -0.2) is 0 Å². The lowest BCUT2D eigenvalue weighted by molar-refractivity contribution is 0.0729. The number of nitrogens with zero attached hydrogens (tertiary/aromatic N) is 2. The first-order chi connectivity index (χ1) is 8.80. The van der Waals surface area contributed by atoms with E-state index in [9.17, 15) is 4.79 Å². The summed E-state index contributed by atoms with van der Waals surface area (Å²) in [6.45, 7) is 8.29. The van der Waals surface area contributed by atoms with Gasteiger partial charge in [0.25, 0.3) is 5.91 Å². The lowest BCUT2D eigenvalue weighted by Gasteiger charge is -2.29. The van der Waals surface area contributed by atoms with Crippen LogP contribution >= 0.6 is 15.9 Å². The van der Waals surface area contributed by atoms with Crippen LogP contribution in [0.15, 0.2) is 16.7 Å². The van der Waals surface area contributed by atoms with E-state index in [2.05, 4.69) is 36.7 Å². The molecule has 4 nitrogen and oxygen atoms in total. The zero-order valence-corrected chi connectivity index (χ0v) is 13.8. The summed E-state index contributed by atoms with van der Waals surface area (Å²) in [6.07, 6.45) is 2.96. The van der Waals surface area contributed by atoms with Crippen molar-refractivity contribution in [3.05, 3.63) is 22.4 Å². The first kappa shape index (κ1) is 16.2. The van der Waals surface area contributed by atoms with E-state index < -0.39 is 0 Å². The van der Waals surface area contributed by atoms with Crippen molar-refractivity contribution in [3.63, 3.8) is 0 Å². The summed E-state index contributed by atoms with van der Waals surface area (Å²) in [5, 5.41) is 0. The molecule has 0 unspecified atom stereocenters. The number of hydrogen-bond donors (Lipinski definition) is 1. The Bertz CT molecular complexity index is 440. The second-order valence-corrected chi connectivity index (χ2v) is 6.68. The quantitative estimate of drug-likeness (QED) is 0.872. The van der Waals surface area contributed by atoms with Crippen LogP contribution in [0.5, 0.6) is 0 Å². The van der Waals surface area contributed by atoms with E-state index in [0.29, 0.717) is 13.1 Å². The molecule has 0 bridgehead atoms. The molecule has 19 heavy (non-hydrogen) atoms. The van der Waals surface area contributed by atoms with Gasteiger partial charge in [0, 0.05) is 30.8 Å². The van der Waals surface area contributed by atoms with Crippen LogP contribution in [-0.4, -0.2) is 35.5 Å². The molecule has 0 aliphatic heterocycles. The molecule has 5 heteroatoms. The Balaban J connectivity index is 2.87. The predicted molar refractivity (Wildman–Crippen MR) is 82.2 cm³/mol. The Hall–Kier alpha value is -0.810. The van der Waals surface area contributed by atoms with Gasteiger partial charge < -0.3 is 15.2 Å². The minimum absolute atomic E-state index is 0.0423. The topological polar surface area (TPSA) is 51.3 Å². The summed E-state index contributed by atoms with van der Waals surface area (Å²) >= 11 is 3.43. The molecular formula is C14H24BrN3O. The minimum Gasteiger partial charge on any atom is -0.342 e. The molecule has 0 aliphatic rings. The number of amides is 1. The molecule has 2 N–H and O–H groups in total. The van der Waals surface area contributed by atoms with Gasteiger partial charge >= 0.3 is 0 Å². The van der Waals surface area contributed by atoms with Crippen LogP contribution in [0.3, 0.4) is 0 Å². The predicted octanol–water partition coefficient (Wildman–Crippen LogP) is 2.72. The van der Waals surface area contributed by atoms with Gasteiger partial charge in [0.1, 0.15) is 5.69 Å². The number of aryl methyl sites for hydroxylation is 1. The Morgan fingerprint density at radius 2 is 2.16 bits per heavy atom. The van der Waals surface area contributed by atoms with E-state index >= 15 is 0 Å². The average molecular weight is 330 g/mol. The first-order valence-electron chi connectivity index (χ1n) is 6.62. The standard InChI is InChI=1S/C14H24BrN3O/c1-5-6-18-8-11(15)7-12(18)13(19)17(4)10-14(2,3)9-16/h7-8H,5-6,9-10,16H2,1-4H3. The van der Waals surface area contributed by atoms with Gasteiger partial charge in [-0.3, -0.25) is 4.79 Å². The van der Waals surface area contributed by atoms with Crippen molar-refractivity contribution in [2.75, 3.05) is 20.1 Å². The molecule has 0 saturated carbocycles. The smallest absolute Gasteiger partial charge is 0.270 e. The van der Waals surface area contributed by atoms with Crippen LogP contribution in [0.2, 0.25) is 0 Å². The van der Waals surface area contributed by atoms with E-state index in [-0.39, 0.29) is 11.3 Å². The van der Waals surface area contributed by atoms with Gasteiger partial charge in [0.2, 0.25) is 0 Å². The average Bonchev–Trinajstić information content (AvgIpc) is 2.69. The molecule has 0 aliphatic carbocycles. The van der Waals surface area contributed by atoms with Crippen molar-refractivity contribution in [2.45, 2.75) is 33.7 Å². The van der Waals surface area contributed by atoms with Crippen LogP contribution in [-0.2, 0) is 6.54 Å². The van der Waals surface area contributed by atoms with Crippen LogP contribution in [0.25, 0.3) is 0 Å². The number of hydrogen-bond acceptors (Lipinski definition) is 2. The van der Waals surface area contributed by atoms with Crippen molar-refractivity contribution >= 4 is 21.8 Å². The summed E-state index contributed by atoms with van der Waals surface area (Å²) in [6, 6.07) is 1.88. The molecule has 0 atom stereocenters. The Morgan fingerprint density at radius 3 is 2.68 bits per heavy atom. The lowest BCUT2D eigenvalue weighted by Crippen LogP contribution is -2.40. The summed E-state index contributed by atoms with van der Waals surface area (Å²) in [4.78, 5) is 14.2. The zero-order chi connectivity index (χ0) is 14.6. The highest BCUT2D eigenvalue weighted by molar-refractivity contribution is 9.10. The van der Waals surface area contributed by atoms with Gasteiger partial charge in [-0.15, -0.1) is 0 Å². The fourth-order valence-corrected chi connectivity index (χ4v) is 2.52. The van der Waals surface area contributed by atoms with Gasteiger partial charge in [0.15, 0.2) is 0 Å². The first-order valence-corrected chi connectivity index (χ1v) is 7.41. The van der Waals surface area contributed by atoms with E-state index in [0.717, 1.165) is 23.1 Å². The molecule has 0 aromatic carbocycles. The van der Waals surface area contributed by atoms with Crippen LogP contribution in [0.4, 0.5) is 0 Å².